The molecule has 2 rings (SSSR count). The van der Waals surface area contributed by atoms with E-state index in [1.807, 2.05) is 0 Å². The first-order valence-electron chi connectivity index (χ1n) is 8.58. The van der Waals surface area contributed by atoms with Gasteiger partial charge in [0.15, 0.2) is 0 Å². The van der Waals surface area contributed by atoms with Crippen molar-refractivity contribution >= 4 is 11.6 Å². The summed E-state index contributed by atoms with van der Waals surface area (Å²) in [6.07, 6.45) is 5.49. The number of aryl methyl sites for hydroxylation is 1. The molecule has 0 unspecified atom stereocenters. The van der Waals surface area contributed by atoms with E-state index in [1.165, 1.54) is 4.68 Å². The SMILES string of the molecule is CCC(CC)CC(=O)NC[C@H]1CCN(c2cnn(C)c(=O)c2)C1. The number of amides is 1. The Morgan fingerprint density at radius 1 is 1.43 bits per heavy atom. The Morgan fingerprint density at radius 3 is 2.83 bits per heavy atom. The molecule has 0 aliphatic carbocycles. The fourth-order valence-corrected chi connectivity index (χ4v) is 3.04. The van der Waals surface area contributed by atoms with E-state index in [1.54, 1.807) is 19.3 Å². The highest BCUT2D eigenvalue weighted by atomic mass is 16.1. The Labute approximate surface area is 137 Å². The summed E-state index contributed by atoms with van der Waals surface area (Å²) >= 11 is 0. The van der Waals surface area contributed by atoms with Crippen molar-refractivity contribution in [3.8, 4) is 0 Å². The average molecular weight is 320 g/mol. The van der Waals surface area contributed by atoms with Gasteiger partial charge in [0, 0.05) is 39.2 Å². The summed E-state index contributed by atoms with van der Waals surface area (Å²) in [7, 11) is 1.65. The average Bonchev–Trinajstić information content (AvgIpc) is 3.02. The van der Waals surface area contributed by atoms with Gasteiger partial charge in [-0.3, -0.25) is 9.59 Å². The minimum Gasteiger partial charge on any atom is -0.370 e. The van der Waals surface area contributed by atoms with E-state index in [4.69, 9.17) is 0 Å². The van der Waals surface area contributed by atoms with Crippen molar-refractivity contribution < 1.29 is 4.79 Å². The molecule has 1 aliphatic heterocycles. The van der Waals surface area contributed by atoms with Crippen molar-refractivity contribution in [2.24, 2.45) is 18.9 Å². The molecule has 0 spiro atoms. The predicted octanol–water partition coefficient (Wildman–Crippen LogP) is 1.55. The molecule has 2 heterocycles. The number of carbonyl (C=O) groups excluding carboxylic acids is 1. The maximum atomic E-state index is 12.0. The van der Waals surface area contributed by atoms with E-state index in [-0.39, 0.29) is 11.5 Å². The lowest BCUT2D eigenvalue weighted by molar-refractivity contribution is -0.122. The van der Waals surface area contributed by atoms with E-state index < -0.39 is 0 Å². The van der Waals surface area contributed by atoms with Gasteiger partial charge in [-0.05, 0) is 18.3 Å². The third-order valence-electron chi connectivity index (χ3n) is 4.82. The molecule has 1 fully saturated rings. The Bertz CT molecular complexity index is 580. The maximum absolute atomic E-state index is 12.0. The molecule has 1 atom stereocenters. The highest BCUT2D eigenvalue weighted by Crippen LogP contribution is 2.21. The molecule has 0 aromatic carbocycles. The zero-order valence-electron chi connectivity index (χ0n) is 14.4. The number of aromatic nitrogens is 2. The van der Waals surface area contributed by atoms with Crippen molar-refractivity contribution in [3.63, 3.8) is 0 Å². The van der Waals surface area contributed by atoms with Crippen LogP contribution >= 0.6 is 0 Å². The Balaban J connectivity index is 1.80. The minimum absolute atomic E-state index is 0.0931. The normalized spacial score (nSPS) is 17.7. The van der Waals surface area contributed by atoms with Crippen LogP contribution in [0.4, 0.5) is 5.69 Å². The number of rotatable bonds is 7. The summed E-state index contributed by atoms with van der Waals surface area (Å²) in [4.78, 5) is 25.8. The largest absolute Gasteiger partial charge is 0.370 e. The molecule has 0 radical (unpaired) electrons. The highest BCUT2D eigenvalue weighted by Gasteiger charge is 2.24. The van der Waals surface area contributed by atoms with E-state index in [2.05, 4.69) is 29.2 Å². The summed E-state index contributed by atoms with van der Waals surface area (Å²) < 4.78 is 1.33. The smallest absolute Gasteiger partial charge is 0.268 e. The number of anilines is 1. The van der Waals surface area contributed by atoms with Crippen molar-refractivity contribution in [2.75, 3.05) is 24.5 Å². The van der Waals surface area contributed by atoms with Gasteiger partial charge >= 0.3 is 0 Å². The van der Waals surface area contributed by atoms with Crippen molar-refractivity contribution in [1.82, 2.24) is 15.1 Å². The van der Waals surface area contributed by atoms with E-state index in [0.717, 1.165) is 38.0 Å². The molecule has 23 heavy (non-hydrogen) atoms. The fourth-order valence-electron chi connectivity index (χ4n) is 3.04. The van der Waals surface area contributed by atoms with Crippen LogP contribution in [0.5, 0.6) is 0 Å². The Hall–Kier alpha value is -1.85. The molecule has 1 N–H and O–H groups in total. The lowest BCUT2D eigenvalue weighted by Crippen LogP contribution is -2.32. The third-order valence-corrected chi connectivity index (χ3v) is 4.82. The van der Waals surface area contributed by atoms with Crippen LogP contribution in [0.15, 0.2) is 17.1 Å². The predicted molar refractivity (Wildman–Crippen MR) is 91.5 cm³/mol. The van der Waals surface area contributed by atoms with Crippen LogP contribution in [-0.2, 0) is 11.8 Å². The van der Waals surface area contributed by atoms with Gasteiger partial charge in [-0.15, -0.1) is 0 Å². The second-order valence-corrected chi connectivity index (χ2v) is 6.47. The second-order valence-electron chi connectivity index (χ2n) is 6.47. The van der Waals surface area contributed by atoms with Crippen LogP contribution in [-0.4, -0.2) is 35.3 Å². The van der Waals surface area contributed by atoms with E-state index in [9.17, 15) is 9.59 Å². The summed E-state index contributed by atoms with van der Waals surface area (Å²) in [5.74, 6) is 1.08. The molecule has 1 amide bonds. The number of nitrogens with zero attached hydrogens (tertiary/aromatic N) is 3. The molecular formula is C17H28N4O2. The number of nitrogens with one attached hydrogen (secondary N) is 1. The number of hydrogen-bond donors (Lipinski definition) is 1. The lowest BCUT2D eigenvalue weighted by atomic mass is 9.99. The van der Waals surface area contributed by atoms with Gasteiger partial charge in [-0.2, -0.15) is 5.10 Å². The molecule has 0 saturated carbocycles. The maximum Gasteiger partial charge on any atom is 0.268 e. The standard InChI is InChI=1S/C17H28N4O2/c1-4-13(5-2)8-16(22)18-10-14-6-7-21(12-14)15-9-17(23)20(3)19-11-15/h9,11,13-14H,4-8,10,12H2,1-3H3,(H,18,22)/t14-/m1/s1. The molecule has 1 aliphatic rings. The van der Waals surface area contributed by atoms with Gasteiger partial charge in [0.1, 0.15) is 0 Å². The van der Waals surface area contributed by atoms with Crippen LogP contribution in [0, 0.1) is 11.8 Å². The lowest BCUT2D eigenvalue weighted by Gasteiger charge is -2.18. The van der Waals surface area contributed by atoms with Crippen LogP contribution in [0.3, 0.4) is 0 Å². The summed E-state index contributed by atoms with van der Waals surface area (Å²) in [6.45, 7) is 6.75. The number of carbonyl (C=O) groups is 1. The van der Waals surface area contributed by atoms with Gasteiger partial charge in [0.2, 0.25) is 5.91 Å². The molecule has 1 saturated heterocycles. The van der Waals surface area contributed by atoms with E-state index >= 15 is 0 Å². The molecule has 6 heteroatoms. The van der Waals surface area contributed by atoms with Gasteiger partial charge in [0.05, 0.1) is 11.9 Å². The molecule has 0 bridgehead atoms. The van der Waals surface area contributed by atoms with Crippen molar-refractivity contribution in [3.05, 3.63) is 22.6 Å². The quantitative estimate of drug-likeness (QED) is 0.828. The van der Waals surface area contributed by atoms with Gasteiger partial charge < -0.3 is 10.2 Å². The number of hydrogen-bond acceptors (Lipinski definition) is 4. The van der Waals surface area contributed by atoms with Crippen molar-refractivity contribution in [2.45, 2.75) is 39.5 Å². The first-order valence-corrected chi connectivity index (χ1v) is 8.58. The van der Waals surface area contributed by atoms with Crippen LogP contribution in [0.25, 0.3) is 0 Å². The Morgan fingerprint density at radius 2 is 2.17 bits per heavy atom. The topological polar surface area (TPSA) is 67.2 Å². The minimum atomic E-state index is -0.0931. The monoisotopic (exact) mass is 320 g/mol. The summed E-state index contributed by atoms with van der Waals surface area (Å²) in [6, 6.07) is 1.63. The zero-order chi connectivity index (χ0) is 16.8. The zero-order valence-corrected chi connectivity index (χ0v) is 14.4. The van der Waals surface area contributed by atoms with Gasteiger partial charge in [0.25, 0.3) is 5.56 Å². The summed E-state index contributed by atoms with van der Waals surface area (Å²) in [5, 5.41) is 7.14. The first-order chi connectivity index (χ1) is 11.0. The van der Waals surface area contributed by atoms with Crippen molar-refractivity contribution in [1.29, 1.82) is 0 Å². The third kappa shape index (κ3) is 4.81. The first kappa shape index (κ1) is 17.5. The summed E-state index contributed by atoms with van der Waals surface area (Å²) in [5.41, 5.74) is 0.781. The second kappa shape index (κ2) is 8.13. The van der Waals surface area contributed by atoms with Crippen LogP contribution in [0.2, 0.25) is 0 Å². The van der Waals surface area contributed by atoms with Gasteiger partial charge in [-0.1, -0.05) is 26.7 Å². The molecule has 1 aromatic rings. The Kier molecular flexibility index (Phi) is 6.19. The fraction of sp³-hybridized carbons (Fsp3) is 0.706. The van der Waals surface area contributed by atoms with Gasteiger partial charge in [-0.25, -0.2) is 4.68 Å². The molecule has 6 nitrogen and oxygen atoms in total. The molecular weight excluding hydrogens is 292 g/mol. The van der Waals surface area contributed by atoms with E-state index in [0.29, 0.717) is 24.8 Å². The highest BCUT2D eigenvalue weighted by molar-refractivity contribution is 5.76. The van der Waals surface area contributed by atoms with Crippen LogP contribution < -0.4 is 15.8 Å². The molecule has 128 valence electrons. The van der Waals surface area contributed by atoms with Crippen LogP contribution in [0.1, 0.15) is 39.5 Å². The molecule has 1 aromatic heterocycles.